The molecular formula is C58H47SiZr. The molecule has 2 heteroatoms. The van der Waals surface area contributed by atoms with Crippen LogP contribution in [0.25, 0.3) is 56.7 Å². The van der Waals surface area contributed by atoms with Crippen LogP contribution in [-0.2, 0) is 34.6 Å². The molecule has 11 rings (SSSR count). The second-order valence-electron chi connectivity index (χ2n) is 16.6. The Hall–Kier alpha value is -5.66. The molecule has 8 aromatic carbocycles. The number of rotatable bonds is 9. The van der Waals surface area contributed by atoms with Gasteiger partial charge in [-0.3, -0.25) is 0 Å². The van der Waals surface area contributed by atoms with Gasteiger partial charge in [-0.05, 0) is 0 Å². The van der Waals surface area contributed by atoms with Gasteiger partial charge in [0.1, 0.15) is 0 Å². The van der Waals surface area contributed by atoms with E-state index in [1.807, 2.05) is 0 Å². The molecule has 0 spiro atoms. The maximum absolute atomic E-state index is 3.13. The van der Waals surface area contributed by atoms with E-state index in [0.717, 1.165) is 12.8 Å². The quantitative estimate of drug-likeness (QED) is 0.127. The standard InChI is InChI=1S/2C23H19.C12H9Si.Zr/c2*1-2-17-9-6-7-13-21(17)22-14-8-12-19-15-20(16-23(19)22)18-10-4-3-5-11-18;1-3-7-11-9(5-1)10-6-2-4-8-12(10)13-11;/h2*3-16H,2H2,1H3;1-7H,13H2;. The topological polar surface area (TPSA) is 0 Å². The van der Waals surface area contributed by atoms with E-state index in [1.165, 1.54) is 89.0 Å². The molecule has 0 saturated carbocycles. The Morgan fingerprint density at radius 3 is 1.37 bits per heavy atom. The van der Waals surface area contributed by atoms with Gasteiger partial charge < -0.3 is 0 Å². The molecule has 2 atom stereocenters. The van der Waals surface area contributed by atoms with Crippen molar-refractivity contribution in [2.45, 2.75) is 33.9 Å². The second kappa shape index (κ2) is 15.7. The zero-order valence-electron chi connectivity index (χ0n) is 34.3. The fourth-order valence-corrected chi connectivity index (χ4v) is 24.6. The van der Waals surface area contributed by atoms with Crippen LogP contribution in [0.2, 0.25) is 0 Å². The van der Waals surface area contributed by atoms with Crippen molar-refractivity contribution in [2.24, 2.45) is 0 Å². The molecule has 0 aromatic heterocycles. The number of allylic oxidation sites excluding steroid dienone is 2. The average Bonchev–Trinajstić information content (AvgIpc) is 4.02. The Kier molecular flexibility index (Phi) is 9.80. The van der Waals surface area contributed by atoms with E-state index in [1.54, 1.807) is 13.6 Å². The van der Waals surface area contributed by atoms with E-state index in [2.05, 4.69) is 214 Å². The van der Waals surface area contributed by atoms with Crippen molar-refractivity contribution in [2.75, 3.05) is 0 Å². The van der Waals surface area contributed by atoms with E-state index in [9.17, 15) is 0 Å². The molecule has 2 unspecified atom stereocenters. The van der Waals surface area contributed by atoms with Crippen molar-refractivity contribution in [1.29, 1.82) is 0 Å². The fourth-order valence-electron chi connectivity index (χ4n) is 10.8. The van der Waals surface area contributed by atoms with Crippen LogP contribution < -0.4 is 13.6 Å². The normalized spacial score (nSPS) is 16.2. The summed E-state index contributed by atoms with van der Waals surface area (Å²) >= 11 is -3.13. The van der Waals surface area contributed by atoms with Gasteiger partial charge in [0.25, 0.3) is 0 Å². The Bertz CT molecular complexity index is 2840. The van der Waals surface area contributed by atoms with Gasteiger partial charge >= 0.3 is 368 Å². The summed E-state index contributed by atoms with van der Waals surface area (Å²) in [5.74, 6) is 0. The zero-order valence-corrected chi connectivity index (χ0v) is 38.2. The molecule has 2 aliphatic carbocycles. The molecule has 0 saturated heterocycles. The molecule has 1 heterocycles. The van der Waals surface area contributed by atoms with Crippen molar-refractivity contribution >= 4 is 46.5 Å². The van der Waals surface area contributed by atoms with Gasteiger partial charge in [0.2, 0.25) is 0 Å². The summed E-state index contributed by atoms with van der Waals surface area (Å²) in [6.45, 7) is 4.59. The molecule has 0 radical (unpaired) electrons. The SMILES string of the molecule is CCc1ccccc1-c1cccc2c1C=C(c1ccccc1)[CH]2[Zr]([c]1cccc2c1[SiH2]c1ccccc1-2)[CH]1C(c2ccccc2)=Cc2c(-c3ccccc3CC)cccc21. The van der Waals surface area contributed by atoms with Crippen molar-refractivity contribution in [3.63, 3.8) is 0 Å². The number of hydrogen-bond acceptors (Lipinski definition) is 0. The summed E-state index contributed by atoms with van der Waals surface area (Å²) in [5.41, 5.74) is 22.9. The number of hydrogen-bond donors (Lipinski definition) is 0. The molecule has 0 nitrogen and oxygen atoms in total. The van der Waals surface area contributed by atoms with E-state index in [4.69, 9.17) is 0 Å². The summed E-state index contributed by atoms with van der Waals surface area (Å²) in [6.07, 6.45) is 7.27. The van der Waals surface area contributed by atoms with E-state index in [0.29, 0.717) is 7.25 Å². The Labute approximate surface area is 365 Å². The third kappa shape index (κ3) is 6.19. The molecule has 3 aliphatic rings. The van der Waals surface area contributed by atoms with Crippen molar-refractivity contribution in [3.05, 3.63) is 233 Å². The first-order valence-electron chi connectivity index (χ1n) is 21.8. The molecule has 287 valence electrons. The summed E-state index contributed by atoms with van der Waals surface area (Å²) in [7, 11) is -0.702. The predicted molar refractivity (Wildman–Crippen MR) is 256 cm³/mol. The van der Waals surface area contributed by atoms with Gasteiger partial charge in [0, 0.05) is 0 Å². The van der Waals surface area contributed by atoms with E-state index >= 15 is 0 Å². The third-order valence-corrected chi connectivity index (χ3v) is 25.3. The van der Waals surface area contributed by atoms with Crippen molar-refractivity contribution < 1.29 is 21.8 Å². The number of benzene rings is 8. The van der Waals surface area contributed by atoms with Gasteiger partial charge in [-0.1, -0.05) is 0 Å². The van der Waals surface area contributed by atoms with Crippen molar-refractivity contribution in [1.82, 2.24) is 0 Å². The summed E-state index contributed by atoms with van der Waals surface area (Å²) in [5, 5.41) is 3.30. The molecule has 0 fully saturated rings. The van der Waals surface area contributed by atoms with Crippen LogP contribution in [0.5, 0.6) is 0 Å². The average molecular weight is 863 g/mol. The minimum atomic E-state index is -3.13. The van der Waals surface area contributed by atoms with Crippen LogP contribution in [0, 0.1) is 0 Å². The monoisotopic (exact) mass is 861 g/mol. The Morgan fingerprint density at radius 2 is 0.833 bits per heavy atom. The van der Waals surface area contributed by atoms with Gasteiger partial charge in [0.05, 0.1) is 0 Å². The maximum atomic E-state index is 2.63. The van der Waals surface area contributed by atoms with Gasteiger partial charge in [0.15, 0.2) is 0 Å². The van der Waals surface area contributed by atoms with Crippen LogP contribution in [0.15, 0.2) is 188 Å². The Morgan fingerprint density at radius 1 is 0.400 bits per heavy atom. The molecule has 8 aromatic rings. The summed E-state index contributed by atoms with van der Waals surface area (Å²) < 4.78 is 2.32. The first kappa shape index (κ1) is 37.3. The molecule has 60 heavy (non-hydrogen) atoms. The van der Waals surface area contributed by atoms with Gasteiger partial charge in [-0.25, -0.2) is 0 Å². The Balaban J connectivity index is 1.22. The van der Waals surface area contributed by atoms with Crippen LogP contribution >= 0.6 is 0 Å². The second-order valence-corrected chi connectivity index (χ2v) is 24.8. The number of fused-ring (bicyclic) bond motifs is 5. The summed E-state index contributed by atoms with van der Waals surface area (Å²) in [4.78, 5) is 0. The van der Waals surface area contributed by atoms with E-state index < -0.39 is 31.3 Å². The van der Waals surface area contributed by atoms with Gasteiger partial charge in [-0.2, -0.15) is 0 Å². The summed E-state index contributed by atoms with van der Waals surface area (Å²) in [6, 6.07) is 72.3. The molecular weight excluding hydrogens is 816 g/mol. The molecule has 0 bridgehead atoms. The van der Waals surface area contributed by atoms with Crippen molar-refractivity contribution in [3.8, 4) is 33.4 Å². The molecule has 1 aliphatic heterocycles. The third-order valence-electron chi connectivity index (χ3n) is 13.5. The van der Waals surface area contributed by atoms with Gasteiger partial charge in [-0.15, -0.1) is 0 Å². The minimum absolute atomic E-state index is 0.303. The molecule has 0 amide bonds. The van der Waals surface area contributed by atoms with E-state index in [-0.39, 0.29) is 0 Å². The predicted octanol–water partition coefficient (Wildman–Crippen LogP) is 12.1. The molecule has 0 N–H and O–H groups in total. The van der Waals surface area contributed by atoms with Crippen LogP contribution in [0.3, 0.4) is 0 Å². The number of aryl methyl sites for hydroxylation is 2. The first-order valence-corrected chi connectivity index (χ1v) is 27.2. The fraction of sp³-hybridized carbons (Fsp3) is 0.103. The van der Waals surface area contributed by atoms with Crippen LogP contribution in [0.4, 0.5) is 0 Å². The zero-order chi connectivity index (χ0) is 40.2. The first-order chi connectivity index (χ1) is 29.7. The van der Waals surface area contributed by atoms with Crippen LogP contribution in [-0.4, -0.2) is 9.52 Å². The van der Waals surface area contributed by atoms with Crippen LogP contribution in [0.1, 0.15) is 65.6 Å².